The monoisotopic (exact) mass is 336 g/mol. The average Bonchev–Trinajstić information content (AvgIpc) is 2.88. The molecule has 2 aliphatic carbocycles. The van der Waals surface area contributed by atoms with Crippen LogP contribution in [0.1, 0.15) is 42.5 Å². The van der Waals surface area contributed by atoms with Crippen LogP contribution < -0.4 is 5.69 Å². The first-order chi connectivity index (χ1) is 11.4. The van der Waals surface area contributed by atoms with Crippen LogP contribution in [0, 0.1) is 11.3 Å². The van der Waals surface area contributed by atoms with Crippen LogP contribution in [0.15, 0.2) is 23.0 Å². The molecule has 2 saturated carbocycles. The first kappa shape index (κ1) is 15.4. The summed E-state index contributed by atoms with van der Waals surface area (Å²) in [4.78, 5) is 28.6. The van der Waals surface area contributed by atoms with Gasteiger partial charge < -0.3 is 14.7 Å². The van der Waals surface area contributed by atoms with Gasteiger partial charge in [-0.1, -0.05) is 0 Å². The Morgan fingerprint density at radius 3 is 2.54 bits per heavy atom. The molecule has 0 amide bonds. The number of H-pyrrole nitrogens is 2. The summed E-state index contributed by atoms with van der Waals surface area (Å²) in [5, 5.41) is 0. The Hall–Kier alpha value is -2.18. The van der Waals surface area contributed by atoms with Gasteiger partial charge in [-0.15, -0.1) is 0 Å². The number of imidazole rings is 1. The number of fused-ring (bicyclic) bond motifs is 1. The van der Waals surface area contributed by atoms with E-state index in [1.807, 2.05) is 0 Å². The molecule has 0 radical (unpaired) electrons. The van der Waals surface area contributed by atoms with Crippen LogP contribution in [0.3, 0.4) is 0 Å². The predicted octanol–water partition coefficient (Wildman–Crippen LogP) is 3.23. The summed E-state index contributed by atoms with van der Waals surface area (Å²) < 4.78 is 32.0. The van der Waals surface area contributed by atoms with Crippen molar-refractivity contribution in [3.8, 4) is 0 Å². The van der Waals surface area contributed by atoms with Gasteiger partial charge in [0.1, 0.15) is 0 Å². The minimum Gasteiger partial charge on any atom is -0.462 e. The van der Waals surface area contributed by atoms with Crippen molar-refractivity contribution >= 4 is 17.0 Å². The van der Waals surface area contributed by atoms with Gasteiger partial charge in [0.25, 0.3) is 5.92 Å². The van der Waals surface area contributed by atoms with E-state index < -0.39 is 17.3 Å². The van der Waals surface area contributed by atoms with Crippen molar-refractivity contribution in [3.05, 3.63) is 34.2 Å². The Bertz CT molecular complexity index is 847. The molecule has 0 bridgehead atoms. The zero-order valence-corrected chi connectivity index (χ0v) is 13.0. The van der Waals surface area contributed by atoms with Crippen molar-refractivity contribution in [1.82, 2.24) is 9.97 Å². The lowest BCUT2D eigenvalue weighted by Gasteiger charge is -2.28. The van der Waals surface area contributed by atoms with Crippen LogP contribution >= 0.6 is 0 Å². The van der Waals surface area contributed by atoms with E-state index in [2.05, 4.69) is 9.97 Å². The molecule has 1 aromatic carbocycles. The average molecular weight is 336 g/mol. The summed E-state index contributed by atoms with van der Waals surface area (Å²) >= 11 is 0. The zero-order chi connectivity index (χ0) is 16.9. The molecule has 0 atom stereocenters. The standard InChI is InChI=1S/C17H18F2N2O3/c18-17(19)9-16(17)5-3-10(4-6-16)8-24-14(22)11-1-2-12-13(7-11)21-15(23)20-12/h1-2,7,10H,3-6,8-9H2,(H2,20,21,23). The smallest absolute Gasteiger partial charge is 0.338 e. The van der Waals surface area contributed by atoms with Crippen molar-refractivity contribution < 1.29 is 18.3 Å². The molecule has 4 rings (SSSR count). The number of carbonyl (C=O) groups excluding carboxylic acids is 1. The minimum atomic E-state index is -2.49. The molecule has 0 aliphatic heterocycles. The fraction of sp³-hybridized carbons (Fsp3) is 0.529. The largest absolute Gasteiger partial charge is 0.462 e. The predicted molar refractivity (Wildman–Crippen MR) is 83.2 cm³/mol. The number of rotatable bonds is 3. The molecule has 2 aliphatic rings. The highest BCUT2D eigenvalue weighted by atomic mass is 19.3. The van der Waals surface area contributed by atoms with Gasteiger partial charge in [-0.05, 0) is 49.8 Å². The van der Waals surface area contributed by atoms with Gasteiger partial charge in [-0.3, -0.25) is 0 Å². The van der Waals surface area contributed by atoms with Crippen LogP contribution in [-0.4, -0.2) is 28.5 Å². The molecule has 24 heavy (non-hydrogen) atoms. The summed E-state index contributed by atoms with van der Waals surface area (Å²) in [6, 6.07) is 4.80. The van der Waals surface area contributed by atoms with Gasteiger partial charge >= 0.3 is 11.7 Å². The van der Waals surface area contributed by atoms with Gasteiger partial charge in [-0.2, -0.15) is 0 Å². The number of halogens is 2. The number of alkyl halides is 2. The maximum Gasteiger partial charge on any atom is 0.338 e. The molecule has 128 valence electrons. The number of hydrogen-bond acceptors (Lipinski definition) is 3. The summed E-state index contributed by atoms with van der Waals surface area (Å²) in [6.07, 6.45) is 2.39. The Morgan fingerprint density at radius 2 is 1.88 bits per heavy atom. The third-order valence-corrected chi connectivity index (χ3v) is 5.48. The van der Waals surface area contributed by atoms with Gasteiger partial charge in [-0.25, -0.2) is 18.4 Å². The third-order valence-electron chi connectivity index (χ3n) is 5.48. The highest BCUT2D eigenvalue weighted by Crippen LogP contribution is 2.67. The maximum atomic E-state index is 13.4. The molecule has 5 nitrogen and oxygen atoms in total. The molecule has 2 fully saturated rings. The van der Waals surface area contributed by atoms with Crippen molar-refractivity contribution in [2.24, 2.45) is 11.3 Å². The van der Waals surface area contributed by atoms with Crippen molar-refractivity contribution in [1.29, 1.82) is 0 Å². The van der Waals surface area contributed by atoms with Gasteiger partial charge in [0.05, 0.1) is 23.2 Å². The second kappa shape index (κ2) is 5.16. The van der Waals surface area contributed by atoms with Crippen LogP contribution in [0.4, 0.5) is 8.78 Å². The second-order valence-corrected chi connectivity index (χ2v) is 7.04. The van der Waals surface area contributed by atoms with Crippen LogP contribution in [0.2, 0.25) is 0 Å². The van der Waals surface area contributed by atoms with Crippen LogP contribution in [0.25, 0.3) is 11.0 Å². The van der Waals surface area contributed by atoms with Crippen molar-refractivity contribution in [2.45, 2.75) is 38.0 Å². The van der Waals surface area contributed by atoms with Crippen LogP contribution in [-0.2, 0) is 4.74 Å². The molecule has 7 heteroatoms. The van der Waals surface area contributed by atoms with E-state index in [9.17, 15) is 18.4 Å². The molecule has 2 aromatic rings. The number of nitrogens with one attached hydrogen (secondary N) is 2. The van der Waals surface area contributed by atoms with E-state index >= 15 is 0 Å². The maximum absolute atomic E-state index is 13.4. The first-order valence-corrected chi connectivity index (χ1v) is 8.16. The first-order valence-electron chi connectivity index (χ1n) is 8.16. The van der Waals surface area contributed by atoms with E-state index in [1.165, 1.54) is 0 Å². The quantitative estimate of drug-likeness (QED) is 0.845. The molecule has 1 spiro atoms. The van der Waals surface area contributed by atoms with E-state index in [4.69, 9.17) is 4.74 Å². The fourth-order valence-electron chi connectivity index (χ4n) is 3.76. The number of esters is 1. The molecular weight excluding hydrogens is 318 g/mol. The number of benzene rings is 1. The summed E-state index contributed by atoms with van der Waals surface area (Å²) in [5.41, 5.74) is 0.436. The minimum absolute atomic E-state index is 0.0153. The van der Waals surface area contributed by atoms with Gasteiger partial charge in [0.2, 0.25) is 0 Å². The van der Waals surface area contributed by atoms with E-state index in [1.54, 1.807) is 18.2 Å². The SMILES string of the molecule is O=C(OCC1CCC2(CC1)CC2(F)F)c1ccc2[nH]c(=O)[nH]c2c1. The molecule has 0 unspecified atom stereocenters. The van der Waals surface area contributed by atoms with Crippen molar-refractivity contribution in [3.63, 3.8) is 0 Å². The lowest BCUT2D eigenvalue weighted by Crippen LogP contribution is -2.24. The number of carbonyl (C=O) groups is 1. The van der Waals surface area contributed by atoms with E-state index in [0.29, 0.717) is 42.3 Å². The molecule has 0 saturated heterocycles. The molecule has 1 aromatic heterocycles. The summed E-state index contributed by atoms with van der Waals surface area (Å²) in [5.74, 6) is -2.81. The normalized spacial score (nSPS) is 28.2. The molecular formula is C17H18F2N2O3. The number of hydrogen-bond donors (Lipinski definition) is 2. The van der Waals surface area contributed by atoms with Gasteiger partial charge in [0, 0.05) is 11.8 Å². The highest BCUT2D eigenvalue weighted by molar-refractivity contribution is 5.93. The van der Waals surface area contributed by atoms with Gasteiger partial charge in [0.15, 0.2) is 0 Å². The van der Waals surface area contributed by atoms with Crippen molar-refractivity contribution in [2.75, 3.05) is 6.61 Å². The molecule has 2 N–H and O–H groups in total. The highest BCUT2D eigenvalue weighted by Gasteiger charge is 2.70. The Labute approximate surface area is 136 Å². The Kier molecular flexibility index (Phi) is 3.30. The van der Waals surface area contributed by atoms with Crippen LogP contribution in [0.5, 0.6) is 0 Å². The van der Waals surface area contributed by atoms with E-state index in [-0.39, 0.29) is 24.6 Å². The second-order valence-electron chi connectivity index (χ2n) is 7.04. The lowest BCUT2D eigenvalue weighted by atomic mass is 9.79. The Balaban J connectivity index is 1.34. The third kappa shape index (κ3) is 2.52. The fourth-order valence-corrected chi connectivity index (χ4v) is 3.76. The number of aromatic nitrogens is 2. The summed E-state index contributed by atoms with van der Waals surface area (Å²) in [7, 11) is 0. The zero-order valence-electron chi connectivity index (χ0n) is 13.0. The number of aromatic amines is 2. The lowest BCUT2D eigenvalue weighted by molar-refractivity contribution is 0.0211. The molecule has 1 heterocycles. The number of ether oxygens (including phenoxy) is 1. The van der Waals surface area contributed by atoms with E-state index in [0.717, 1.165) is 0 Å². The summed E-state index contributed by atoms with van der Waals surface area (Å²) in [6.45, 7) is 0.252. The Morgan fingerprint density at radius 1 is 1.21 bits per heavy atom. The topological polar surface area (TPSA) is 75.0 Å².